The number of thioether (sulfide) groups is 1. The second-order valence-electron chi connectivity index (χ2n) is 7.08. The van der Waals surface area contributed by atoms with Crippen molar-refractivity contribution in [2.45, 2.75) is 75.6 Å². The first kappa shape index (κ1) is 16.2. The molecule has 3 aliphatic rings. The van der Waals surface area contributed by atoms with Gasteiger partial charge in [-0.1, -0.05) is 32.1 Å². The zero-order chi connectivity index (χ0) is 15.5. The summed E-state index contributed by atoms with van der Waals surface area (Å²) in [4.78, 5) is 26.7. The van der Waals surface area contributed by atoms with Crippen molar-refractivity contribution in [3.63, 3.8) is 0 Å². The molecule has 1 aliphatic heterocycles. The molecule has 0 radical (unpaired) electrons. The highest BCUT2D eigenvalue weighted by Crippen LogP contribution is 2.37. The fraction of sp³-hybridized carbons (Fsp3) is 0.882. The van der Waals surface area contributed by atoms with E-state index in [2.05, 4.69) is 10.2 Å². The number of hydrogen-bond acceptors (Lipinski definition) is 3. The largest absolute Gasteiger partial charge is 0.345 e. The Bertz CT molecular complexity index is 423. The summed E-state index contributed by atoms with van der Waals surface area (Å²) in [5.41, 5.74) is 0. The summed E-state index contributed by atoms with van der Waals surface area (Å²) in [6.45, 7) is 2.38. The van der Waals surface area contributed by atoms with Crippen molar-refractivity contribution in [3.8, 4) is 0 Å². The lowest BCUT2D eigenvalue weighted by molar-refractivity contribution is -0.139. The monoisotopic (exact) mass is 324 g/mol. The molecule has 3 fully saturated rings. The maximum absolute atomic E-state index is 13.1. The zero-order valence-corrected chi connectivity index (χ0v) is 14.4. The normalized spacial score (nSPS) is 30.1. The minimum Gasteiger partial charge on any atom is -0.345 e. The molecule has 22 heavy (non-hydrogen) atoms. The predicted molar refractivity (Wildman–Crippen MR) is 89.8 cm³/mol. The van der Waals surface area contributed by atoms with E-state index in [-0.39, 0.29) is 17.9 Å². The minimum absolute atomic E-state index is 0.0794. The Kier molecular flexibility index (Phi) is 5.32. The van der Waals surface area contributed by atoms with Gasteiger partial charge in [0.05, 0.1) is 0 Å². The Morgan fingerprint density at radius 2 is 1.95 bits per heavy atom. The summed E-state index contributed by atoms with van der Waals surface area (Å²) < 4.78 is 0. The molecule has 1 saturated heterocycles. The number of carbonyl (C=O) groups excluding carboxylic acids is 2. The fourth-order valence-electron chi connectivity index (χ4n) is 4.10. The smallest absolute Gasteiger partial charge is 0.245 e. The maximum atomic E-state index is 13.1. The summed E-state index contributed by atoms with van der Waals surface area (Å²) in [6.07, 6.45) is 9.45. The van der Waals surface area contributed by atoms with Gasteiger partial charge in [-0.2, -0.15) is 11.8 Å². The Balaban J connectivity index is 1.68. The predicted octanol–water partition coefficient (Wildman–Crippen LogP) is 2.57. The average Bonchev–Trinajstić information content (AvgIpc) is 2.48. The molecule has 0 aromatic heterocycles. The number of hydrogen-bond donors (Lipinski definition) is 1. The van der Waals surface area contributed by atoms with Crippen LogP contribution >= 0.6 is 11.8 Å². The first-order valence-corrected chi connectivity index (χ1v) is 9.89. The molecule has 4 nitrogen and oxygen atoms in total. The zero-order valence-electron chi connectivity index (χ0n) is 13.6. The van der Waals surface area contributed by atoms with Gasteiger partial charge in [-0.3, -0.25) is 9.59 Å². The molecule has 1 heterocycles. The summed E-state index contributed by atoms with van der Waals surface area (Å²) >= 11 is 2.04. The molecule has 5 heteroatoms. The van der Waals surface area contributed by atoms with Gasteiger partial charge in [0.2, 0.25) is 11.8 Å². The SMILES string of the molecule is CC(=O)N[C@H](CC1CCC1)C(=O)N1CCS[C@@H]2CCCC[C@@H]21. The summed E-state index contributed by atoms with van der Waals surface area (Å²) in [7, 11) is 0. The van der Waals surface area contributed by atoms with Gasteiger partial charge >= 0.3 is 0 Å². The van der Waals surface area contributed by atoms with Crippen molar-refractivity contribution < 1.29 is 9.59 Å². The van der Waals surface area contributed by atoms with Gasteiger partial charge in [0.1, 0.15) is 6.04 Å². The molecular formula is C17H28N2O2S. The van der Waals surface area contributed by atoms with Crippen LogP contribution in [0.1, 0.15) is 58.3 Å². The third kappa shape index (κ3) is 3.61. The van der Waals surface area contributed by atoms with E-state index in [9.17, 15) is 9.59 Å². The average molecular weight is 324 g/mol. The number of rotatable bonds is 4. The van der Waals surface area contributed by atoms with Crippen LogP contribution in [-0.4, -0.2) is 46.3 Å². The van der Waals surface area contributed by atoms with Gasteiger partial charge in [0.15, 0.2) is 0 Å². The lowest BCUT2D eigenvalue weighted by atomic mass is 9.80. The molecule has 0 spiro atoms. The molecule has 2 amide bonds. The molecule has 3 atom stereocenters. The van der Waals surface area contributed by atoms with E-state index in [4.69, 9.17) is 0 Å². The van der Waals surface area contributed by atoms with E-state index in [1.807, 2.05) is 11.8 Å². The lowest BCUT2D eigenvalue weighted by Crippen LogP contribution is -2.57. The molecule has 0 bridgehead atoms. The van der Waals surface area contributed by atoms with Crippen LogP contribution in [0.25, 0.3) is 0 Å². The third-order valence-electron chi connectivity index (χ3n) is 5.48. The Hall–Kier alpha value is -0.710. The van der Waals surface area contributed by atoms with Gasteiger partial charge in [0, 0.05) is 30.5 Å². The van der Waals surface area contributed by atoms with Crippen molar-refractivity contribution in [1.29, 1.82) is 0 Å². The fourth-order valence-corrected chi connectivity index (χ4v) is 5.54. The van der Waals surface area contributed by atoms with Crippen LogP contribution < -0.4 is 5.32 Å². The van der Waals surface area contributed by atoms with Crippen LogP contribution in [-0.2, 0) is 9.59 Å². The van der Waals surface area contributed by atoms with Crippen molar-refractivity contribution in [2.75, 3.05) is 12.3 Å². The Labute approximate surface area is 137 Å². The van der Waals surface area contributed by atoms with Crippen molar-refractivity contribution >= 4 is 23.6 Å². The number of amides is 2. The first-order chi connectivity index (χ1) is 10.6. The lowest BCUT2D eigenvalue weighted by Gasteiger charge is -2.45. The van der Waals surface area contributed by atoms with E-state index in [1.54, 1.807) is 0 Å². The van der Waals surface area contributed by atoms with E-state index in [1.165, 1.54) is 45.4 Å². The van der Waals surface area contributed by atoms with Crippen LogP contribution in [0.3, 0.4) is 0 Å². The highest BCUT2D eigenvalue weighted by atomic mass is 32.2. The number of carbonyl (C=O) groups is 2. The van der Waals surface area contributed by atoms with Gasteiger partial charge in [-0.15, -0.1) is 0 Å². The molecule has 2 saturated carbocycles. The second-order valence-corrected chi connectivity index (χ2v) is 8.43. The van der Waals surface area contributed by atoms with Gasteiger partial charge in [-0.05, 0) is 25.2 Å². The van der Waals surface area contributed by atoms with Crippen LogP contribution in [0, 0.1) is 5.92 Å². The molecule has 3 rings (SSSR count). The molecule has 124 valence electrons. The van der Waals surface area contributed by atoms with Crippen LogP contribution in [0.5, 0.6) is 0 Å². The van der Waals surface area contributed by atoms with E-state index in [0.717, 1.165) is 25.1 Å². The van der Waals surface area contributed by atoms with Gasteiger partial charge < -0.3 is 10.2 Å². The highest BCUT2D eigenvalue weighted by Gasteiger charge is 2.39. The quantitative estimate of drug-likeness (QED) is 0.864. The molecular weight excluding hydrogens is 296 g/mol. The maximum Gasteiger partial charge on any atom is 0.245 e. The van der Waals surface area contributed by atoms with E-state index in [0.29, 0.717) is 17.2 Å². The third-order valence-corrected chi connectivity index (χ3v) is 6.88. The van der Waals surface area contributed by atoms with E-state index >= 15 is 0 Å². The van der Waals surface area contributed by atoms with Crippen molar-refractivity contribution in [1.82, 2.24) is 10.2 Å². The standard InChI is InChI=1S/C17H28N2O2S/c1-12(20)18-14(11-13-5-4-6-13)17(21)19-9-10-22-16-8-3-2-7-15(16)19/h13-16H,2-11H2,1H3,(H,18,20)/t14-,15+,16-/m1/s1. The number of nitrogens with one attached hydrogen (secondary N) is 1. The summed E-state index contributed by atoms with van der Waals surface area (Å²) in [6, 6.07) is 0.103. The van der Waals surface area contributed by atoms with Gasteiger partial charge in [0.25, 0.3) is 0 Å². The van der Waals surface area contributed by atoms with Gasteiger partial charge in [-0.25, -0.2) is 0 Å². The highest BCUT2D eigenvalue weighted by molar-refractivity contribution is 8.00. The number of nitrogens with zero attached hydrogens (tertiary/aromatic N) is 1. The minimum atomic E-state index is -0.298. The van der Waals surface area contributed by atoms with Crippen molar-refractivity contribution in [2.24, 2.45) is 5.92 Å². The number of fused-ring (bicyclic) bond motifs is 1. The summed E-state index contributed by atoms with van der Waals surface area (Å²) in [5, 5.41) is 3.55. The summed E-state index contributed by atoms with van der Waals surface area (Å²) in [5.74, 6) is 1.77. The molecule has 2 aliphatic carbocycles. The van der Waals surface area contributed by atoms with E-state index < -0.39 is 0 Å². The second kappa shape index (κ2) is 7.24. The molecule has 1 N–H and O–H groups in total. The Morgan fingerprint density at radius 3 is 2.64 bits per heavy atom. The Morgan fingerprint density at radius 1 is 1.18 bits per heavy atom. The molecule has 0 aromatic carbocycles. The van der Waals surface area contributed by atoms with Crippen molar-refractivity contribution in [3.05, 3.63) is 0 Å². The van der Waals surface area contributed by atoms with Crippen LogP contribution in [0.4, 0.5) is 0 Å². The molecule has 0 unspecified atom stereocenters. The van der Waals surface area contributed by atoms with Crippen LogP contribution in [0.2, 0.25) is 0 Å². The first-order valence-electron chi connectivity index (χ1n) is 8.84. The molecule has 0 aromatic rings. The topological polar surface area (TPSA) is 49.4 Å². The van der Waals surface area contributed by atoms with Crippen LogP contribution in [0.15, 0.2) is 0 Å².